The molecule has 0 unspecified atom stereocenters. The van der Waals surface area contributed by atoms with Gasteiger partial charge in [-0.3, -0.25) is 0 Å². The van der Waals surface area contributed by atoms with E-state index in [1.54, 1.807) is 6.92 Å². The van der Waals surface area contributed by atoms with Crippen LogP contribution < -0.4 is 5.32 Å². The number of ether oxygens (including phenoxy) is 3. The number of benzene rings is 1. The number of hydrogen-bond donors (Lipinski definition) is 1. The fourth-order valence-electron chi connectivity index (χ4n) is 4.55. The van der Waals surface area contributed by atoms with E-state index < -0.39 is 24.3 Å². The van der Waals surface area contributed by atoms with Crippen molar-refractivity contribution in [2.45, 2.75) is 71.8 Å². The molecular formula is C25H34ClNO5. The summed E-state index contributed by atoms with van der Waals surface area (Å²) in [5.74, 6) is 0.291. The first-order valence-corrected chi connectivity index (χ1v) is 11.9. The lowest BCUT2D eigenvalue weighted by molar-refractivity contribution is -0.182. The molecule has 3 rings (SSSR count). The Bertz CT molecular complexity index is 825. The van der Waals surface area contributed by atoms with Crippen molar-refractivity contribution in [3.8, 4) is 0 Å². The number of carbonyl (C=O) groups is 2. The zero-order valence-corrected chi connectivity index (χ0v) is 20.1. The molecule has 1 aliphatic carbocycles. The van der Waals surface area contributed by atoms with Crippen molar-refractivity contribution in [2.75, 3.05) is 6.61 Å². The molecule has 1 heterocycles. The second-order valence-corrected chi connectivity index (χ2v) is 9.48. The molecule has 0 radical (unpaired) electrons. The molecule has 0 saturated heterocycles. The molecule has 1 saturated carbocycles. The Morgan fingerprint density at radius 2 is 1.97 bits per heavy atom. The molecule has 0 amide bonds. The summed E-state index contributed by atoms with van der Waals surface area (Å²) in [6.45, 7) is 8.61. The second kappa shape index (κ2) is 11.2. The summed E-state index contributed by atoms with van der Waals surface area (Å²) in [5.41, 5.74) is 1.25. The van der Waals surface area contributed by atoms with Gasteiger partial charge in [0.05, 0.1) is 12.7 Å². The molecule has 5 atom stereocenters. The van der Waals surface area contributed by atoms with E-state index in [1.807, 2.05) is 30.3 Å². The predicted molar refractivity (Wildman–Crippen MR) is 123 cm³/mol. The van der Waals surface area contributed by atoms with Crippen LogP contribution in [-0.4, -0.2) is 37.0 Å². The first-order valence-electron chi connectivity index (χ1n) is 11.5. The summed E-state index contributed by atoms with van der Waals surface area (Å²) >= 11 is 6.31. The van der Waals surface area contributed by atoms with Crippen LogP contribution in [-0.2, 0) is 30.2 Å². The monoisotopic (exact) mass is 463 g/mol. The lowest BCUT2D eigenvalue weighted by Crippen LogP contribution is -2.44. The van der Waals surface area contributed by atoms with Crippen LogP contribution in [0.5, 0.6) is 0 Å². The largest absolute Gasteiger partial charge is 0.464 e. The van der Waals surface area contributed by atoms with E-state index in [2.05, 4.69) is 26.1 Å². The van der Waals surface area contributed by atoms with Crippen molar-refractivity contribution in [1.29, 1.82) is 0 Å². The Kier molecular flexibility index (Phi) is 8.60. The van der Waals surface area contributed by atoms with Gasteiger partial charge in [-0.15, -0.1) is 0 Å². The molecule has 32 heavy (non-hydrogen) atoms. The molecule has 0 bridgehead atoms. The van der Waals surface area contributed by atoms with Crippen molar-refractivity contribution in [2.24, 2.45) is 17.8 Å². The number of halogens is 1. The third kappa shape index (κ3) is 6.04. The average molecular weight is 464 g/mol. The summed E-state index contributed by atoms with van der Waals surface area (Å²) in [5, 5.41) is 3.05. The van der Waals surface area contributed by atoms with Crippen LogP contribution >= 0.6 is 11.6 Å². The molecule has 1 aromatic rings. The van der Waals surface area contributed by atoms with Crippen molar-refractivity contribution in [3.05, 3.63) is 46.6 Å². The van der Waals surface area contributed by atoms with Crippen LogP contribution in [0.3, 0.4) is 0 Å². The molecule has 1 N–H and O–H groups in total. The van der Waals surface area contributed by atoms with Gasteiger partial charge in [0.1, 0.15) is 11.7 Å². The van der Waals surface area contributed by atoms with E-state index in [9.17, 15) is 9.59 Å². The molecule has 7 heteroatoms. The van der Waals surface area contributed by atoms with Gasteiger partial charge in [0.25, 0.3) is 0 Å². The van der Waals surface area contributed by atoms with Gasteiger partial charge in [0.15, 0.2) is 5.03 Å². The van der Waals surface area contributed by atoms with Gasteiger partial charge in [-0.2, -0.15) is 0 Å². The molecule has 1 aromatic carbocycles. The summed E-state index contributed by atoms with van der Waals surface area (Å²) in [6, 6.07) is 8.88. The minimum Gasteiger partial charge on any atom is -0.464 e. The fraction of sp³-hybridized carbons (Fsp3) is 0.600. The number of carbonyl (C=O) groups excluding carboxylic acids is 2. The van der Waals surface area contributed by atoms with Gasteiger partial charge in [0, 0.05) is 6.42 Å². The molecule has 6 nitrogen and oxygen atoms in total. The lowest BCUT2D eigenvalue weighted by Gasteiger charge is -2.38. The maximum Gasteiger partial charge on any atom is 0.354 e. The summed E-state index contributed by atoms with van der Waals surface area (Å²) in [7, 11) is 0. The highest BCUT2D eigenvalue weighted by atomic mass is 35.5. The van der Waals surface area contributed by atoms with Gasteiger partial charge in [-0.25, -0.2) is 9.59 Å². The zero-order valence-electron chi connectivity index (χ0n) is 19.3. The predicted octanol–water partition coefficient (Wildman–Crippen LogP) is 4.56. The van der Waals surface area contributed by atoms with Crippen LogP contribution in [0.2, 0.25) is 0 Å². The van der Waals surface area contributed by atoms with Crippen molar-refractivity contribution < 1.29 is 23.8 Å². The Morgan fingerprint density at radius 1 is 1.25 bits per heavy atom. The Labute approximate surface area is 195 Å². The highest BCUT2D eigenvalue weighted by Crippen LogP contribution is 2.38. The van der Waals surface area contributed by atoms with Crippen LogP contribution in [0.25, 0.3) is 0 Å². The average Bonchev–Trinajstić information content (AvgIpc) is 3.01. The van der Waals surface area contributed by atoms with Crippen molar-refractivity contribution in [3.63, 3.8) is 0 Å². The molecule has 1 aliphatic heterocycles. The van der Waals surface area contributed by atoms with Crippen LogP contribution in [0.15, 0.2) is 41.1 Å². The zero-order chi connectivity index (χ0) is 23.3. The third-order valence-corrected chi connectivity index (χ3v) is 6.67. The number of nitrogens with one attached hydrogen (secondary N) is 1. The van der Waals surface area contributed by atoms with E-state index in [-0.39, 0.29) is 17.7 Å². The minimum absolute atomic E-state index is 0.0499. The van der Waals surface area contributed by atoms with E-state index in [4.69, 9.17) is 25.8 Å². The van der Waals surface area contributed by atoms with E-state index in [0.717, 1.165) is 24.8 Å². The van der Waals surface area contributed by atoms with Crippen LogP contribution in [0.4, 0.5) is 0 Å². The van der Waals surface area contributed by atoms with Gasteiger partial charge in [-0.05, 0) is 43.1 Å². The fourth-order valence-corrected chi connectivity index (χ4v) is 4.74. The molecule has 1 fully saturated rings. The minimum atomic E-state index is -0.959. The van der Waals surface area contributed by atoms with Gasteiger partial charge < -0.3 is 19.5 Å². The third-order valence-electron chi connectivity index (χ3n) is 6.31. The summed E-state index contributed by atoms with van der Waals surface area (Å²) in [6.07, 6.45) is 2.50. The van der Waals surface area contributed by atoms with Crippen LogP contribution in [0, 0.1) is 17.8 Å². The van der Waals surface area contributed by atoms with E-state index in [0.29, 0.717) is 29.9 Å². The first-order chi connectivity index (χ1) is 15.3. The van der Waals surface area contributed by atoms with Crippen molar-refractivity contribution in [1.82, 2.24) is 5.32 Å². The molecule has 0 spiro atoms. The highest BCUT2D eigenvalue weighted by molar-refractivity contribution is 6.42. The lowest BCUT2D eigenvalue weighted by atomic mass is 9.75. The Balaban J connectivity index is 1.80. The maximum absolute atomic E-state index is 12.7. The quantitative estimate of drug-likeness (QED) is 0.541. The Morgan fingerprint density at radius 3 is 2.62 bits per heavy atom. The van der Waals surface area contributed by atoms with Gasteiger partial charge in [0.2, 0.25) is 6.29 Å². The van der Waals surface area contributed by atoms with Gasteiger partial charge >= 0.3 is 11.9 Å². The van der Waals surface area contributed by atoms with E-state index >= 15 is 0 Å². The van der Waals surface area contributed by atoms with Crippen LogP contribution in [0.1, 0.15) is 52.5 Å². The van der Waals surface area contributed by atoms with Crippen molar-refractivity contribution >= 4 is 23.5 Å². The molecule has 176 valence electrons. The normalized spacial score (nSPS) is 26.8. The number of cyclic esters (lactones) is 1. The second-order valence-electron chi connectivity index (χ2n) is 9.10. The summed E-state index contributed by atoms with van der Waals surface area (Å²) in [4.78, 5) is 25.0. The Hall–Kier alpha value is -2.05. The summed E-state index contributed by atoms with van der Waals surface area (Å²) < 4.78 is 17.1. The number of hydrogen-bond acceptors (Lipinski definition) is 6. The molecule has 2 aliphatic rings. The molecule has 0 aromatic heterocycles. The smallest absolute Gasteiger partial charge is 0.354 e. The maximum atomic E-state index is 12.7. The van der Waals surface area contributed by atoms with Gasteiger partial charge in [-0.1, -0.05) is 69.1 Å². The standard InChI is InChI=1S/C25H34ClNO5/c1-5-30-23(28)19(14-17-9-7-6-8-10-17)27-22-21(26)24(29)32-25(22)31-20-13-16(4)11-12-18(20)15(2)3/h6-10,15-16,18-20,25,27H,5,11-14H2,1-4H3/t16-,18+,19+,20-,25+/m1/s1. The molecular weight excluding hydrogens is 430 g/mol. The number of rotatable bonds is 9. The number of esters is 2. The topological polar surface area (TPSA) is 73.9 Å². The SMILES string of the molecule is CCOC(=O)[C@H](Cc1ccccc1)NC1=C(Cl)C(=O)O[C@@H]1O[C@@H]1C[C@H](C)CC[C@H]1C(C)C. The first kappa shape index (κ1) is 24.6. The highest BCUT2D eigenvalue weighted by Gasteiger charge is 2.41. The van der Waals surface area contributed by atoms with E-state index in [1.165, 1.54) is 0 Å².